The number of ether oxygens (including phenoxy) is 2. The van der Waals surface area contributed by atoms with E-state index in [1.54, 1.807) is 7.11 Å². The highest BCUT2D eigenvalue weighted by Gasteiger charge is 2.63. The van der Waals surface area contributed by atoms with Crippen LogP contribution in [0.5, 0.6) is 0 Å². The molecule has 0 saturated heterocycles. The van der Waals surface area contributed by atoms with Gasteiger partial charge < -0.3 is 14.6 Å². The van der Waals surface area contributed by atoms with Crippen molar-refractivity contribution >= 4 is 0 Å². The van der Waals surface area contributed by atoms with E-state index in [1.807, 2.05) is 6.92 Å². The molecule has 0 aromatic rings. The number of aliphatic hydroxyl groups excluding tert-OH is 1. The molecule has 4 fully saturated rings. The van der Waals surface area contributed by atoms with Gasteiger partial charge in [0, 0.05) is 7.11 Å². The summed E-state index contributed by atoms with van der Waals surface area (Å²) < 4.78 is 11.2. The van der Waals surface area contributed by atoms with Gasteiger partial charge in [0.05, 0.1) is 12.2 Å². The maximum absolute atomic E-state index is 10.0. The third-order valence-electron chi connectivity index (χ3n) is 10.9. The number of hydrogen-bond acceptors (Lipinski definition) is 3. The third kappa shape index (κ3) is 3.52. The Morgan fingerprint density at radius 1 is 1.00 bits per heavy atom. The van der Waals surface area contributed by atoms with Gasteiger partial charge in [0.15, 0.2) is 0 Å². The Morgan fingerprint density at radius 3 is 2.52 bits per heavy atom. The molecular formula is C26H46O3. The van der Waals surface area contributed by atoms with Crippen molar-refractivity contribution in [3.63, 3.8) is 0 Å². The van der Waals surface area contributed by atoms with Gasteiger partial charge >= 0.3 is 0 Å². The normalized spacial score (nSPS) is 50.5. The molecule has 4 rings (SSSR count). The first-order chi connectivity index (χ1) is 13.8. The van der Waals surface area contributed by atoms with E-state index in [1.165, 1.54) is 64.2 Å². The van der Waals surface area contributed by atoms with Crippen molar-refractivity contribution in [2.45, 2.75) is 111 Å². The van der Waals surface area contributed by atoms with Crippen LogP contribution in [0.2, 0.25) is 0 Å². The SMILES string of the molecule is COCO[C@@H]1CCC2(C)C3CCC4(CCC(C)O)C(C)CCC4C3CCC2(C)C1. The Balaban J connectivity index is 1.54. The smallest absolute Gasteiger partial charge is 0.146 e. The van der Waals surface area contributed by atoms with Gasteiger partial charge in [-0.25, -0.2) is 0 Å². The lowest BCUT2D eigenvalue weighted by Crippen LogP contribution is -2.58. The van der Waals surface area contributed by atoms with Gasteiger partial charge in [0.2, 0.25) is 0 Å². The van der Waals surface area contributed by atoms with Crippen LogP contribution in [0.25, 0.3) is 0 Å². The fourth-order valence-electron chi connectivity index (χ4n) is 9.00. The molecule has 9 atom stereocenters. The van der Waals surface area contributed by atoms with Gasteiger partial charge in [-0.3, -0.25) is 0 Å². The lowest BCUT2D eigenvalue weighted by molar-refractivity contribution is -0.190. The Morgan fingerprint density at radius 2 is 1.79 bits per heavy atom. The first-order valence-electron chi connectivity index (χ1n) is 12.5. The molecule has 3 heteroatoms. The van der Waals surface area contributed by atoms with Gasteiger partial charge in [-0.1, -0.05) is 20.8 Å². The average molecular weight is 407 g/mol. The van der Waals surface area contributed by atoms with Crippen LogP contribution in [0, 0.1) is 39.9 Å². The summed E-state index contributed by atoms with van der Waals surface area (Å²) in [6.45, 7) is 10.2. The van der Waals surface area contributed by atoms with Crippen LogP contribution >= 0.6 is 0 Å². The Kier molecular flexibility index (Phi) is 6.17. The summed E-state index contributed by atoms with van der Waals surface area (Å²) in [5, 5.41) is 10.0. The van der Waals surface area contributed by atoms with Crippen molar-refractivity contribution in [1.82, 2.24) is 0 Å². The minimum absolute atomic E-state index is 0.148. The highest BCUT2D eigenvalue weighted by atomic mass is 16.7. The molecular weight excluding hydrogens is 360 g/mol. The van der Waals surface area contributed by atoms with Crippen molar-refractivity contribution in [3.05, 3.63) is 0 Å². The van der Waals surface area contributed by atoms with Crippen LogP contribution in [-0.4, -0.2) is 31.2 Å². The number of fused-ring (bicyclic) bond motifs is 5. The maximum Gasteiger partial charge on any atom is 0.146 e. The minimum atomic E-state index is -0.148. The summed E-state index contributed by atoms with van der Waals surface area (Å²) in [6.07, 6.45) is 14.7. The van der Waals surface area contributed by atoms with E-state index in [9.17, 15) is 5.11 Å². The molecule has 4 saturated carbocycles. The molecule has 0 amide bonds. The zero-order chi connectivity index (χ0) is 20.9. The Hall–Kier alpha value is -0.120. The van der Waals surface area contributed by atoms with Gasteiger partial charge in [-0.15, -0.1) is 0 Å². The van der Waals surface area contributed by atoms with Crippen LogP contribution in [0.15, 0.2) is 0 Å². The summed E-state index contributed by atoms with van der Waals surface area (Å²) in [5.74, 6) is 3.54. The lowest BCUT2D eigenvalue weighted by atomic mass is 9.40. The summed E-state index contributed by atoms with van der Waals surface area (Å²) in [5.41, 5.74) is 1.39. The molecule has 0 aliphatic heterocycles. The molecule has 0 aromatic heterocycles. The van der Waals surface area contributed by atoms with Crippen LogP contribution < -0.4 is 0 Å². The molecule has 4 aliphatic carbocycles. The van der Waals surface area contributed by atoms with Crippen molar-refractivity contribution in [1.29, 1.82) is 0 Å². The minimum Gasteiger partial charge on any atom is -0.393 e. The van der Waals surface area contributed by atoms with Crippen molar-refractivity contribution in [2.24, 2.45) is 39.9 Å². The van der Waals surface area contributed by atoms with Crippen molar-refractivity contribution in [2.75, 3.05) is 13.9 Å². The predicted molar refractivity (Wildman–Crippen MR) is 117 cm³/mol. The number of aliphatic hydroxyl groups is 1. The molecule has 168 valence electrons. The van der Waals surface area contributed by atoms with E-state index in [0.717, 1.165) is 30.1 Å². The number of methoxy groups -OCH3 is 1. The zero-order valence-corrected chi connectivity index (χ0v) is 19.7. The van der Waals surface area contributed by atoms with E-state index < -0.39 is 0 Å². The lowest BCUT2D eigenvalue weighted by Gasteiger charge is -2.65. The maximum atomic E-state index is 10.0. The van der Waals surface area contributed by atoms with Gasteiger partial charge in [-0.05, 0) is 117 Å². The van der Waals surface area contributed by atoms with E-state index in [0.29, 0.717) is 29.1 Å². The van der Waals surface area contributed by atoms with E-state index >= 15 is 0 Å². The van der Waals surface area contributed by atoms with Crippen molar-refractivity contribution in [3.8, 4) is 0 Å². The summed E-state index contributed by atoms with van der Waals surface area (Å²) in [6, 6.07) is 0. The molecule has 0 radical (unpaired) electrons. The fraction of sp³-hybridized carbons (Fsp3) is 1.00. The van der Waals surface area contributed by atoms with Crippen LogP contribution in [0.1, 0.15) is 98.3 Å². The van der Waals surface area contributed by atoms with Gasteiger partial charge in [0.25, 0.3) is 0 Å². The second-order valence-corrected chi connectivity index (χ2v) is 12.0. The first kappa shape index (κ1) is 22.1. The highest BCUT2D eigenvalue weighted by molar-refractivity contribution is 5.12. The average Bonchev–Trinajstić information content (AvgIpc) is 3.02. The molecule has 3 nitrogen and oxygen atoms in total. The molecule has 8 unspecified atom stereocenters. The Bertz CT molecular complexity index is 576. The van der Waals surface area contributed by atoms with E-state index in [2.05, 4.69) is 20.8 Å². The van der Waals surface area contributed by atoms with Crippen LogP contribution in [0.4, 0.5) is 0 Å². The second-order valence-electron chi connectivity index (χ2n) is 12.0. The Labute approximate surface area is 179 Å². The second kappa shape index (κ2) is 8.10. The third-order valence-corrected chi connectivity index (χ3v) is 10.9. The first-order valence-corrected chi connectivity index (χ1v) is 12.5. The van der Waals surface area contributed by atoms with Gasteiger partial charge in [0.1, 0.15) is 6.79 Å². The van der Waals surface area contributed by atoms with Crippen molar-refractivity contribution < 1.29 is 14.6 Å². The summed E-state index contributed by atoms with van der Waals surface area (Å²) >= 11 is 0. The quantitative estimate of drug-likeness (QED) is 0.535. The summed E-state index contributed by atoms with van der Waals surface area (Å²) in [7, 11) is 1.73. The van der Waals surface area contributed by atoms with E-state index in [4.69, 9.17) is 9.47 Å². The number of hydrogen-bond donors (Lipinski definition) is 1. The zero-order valence-electron chi connectivity index (χ0n) is 19.7. The highest BCUT2D eigenvalue weighted by Crippen LogP contribution is 2.71. The number of rotatable bonds is 6. The summed E-state index contributed by atoms with van der Waals surface area (Å²) in [4.78, 5) is 0. The molecule has 29 heavy (non-hydrogen) atoms. The molecule has 0 bridgehead atoms. The largest absolute Gasteiger partial charge is 0.393 e. The van der Waals surface area contributed by atoms with Gasteiger partial charge in [-0.2, -0.15) is 0 Å². The molecule has 0 aromatic carbocycles. The monoisotopic (exact) mass is 406 g/mol. The molecule has 0 heterocycles. The fourth-order valence-corrected chi connectivity index (χ4v) is 9.00. The van der Waals surface area contributed by atoms with Crippen LogP contribution in [-0.2, 0) is 9.47 Å². The standard InChI is InChI=1S/C26H46O3/c1-18-6-7-23-21-10-12-24(3)16-20(29-17-28-5)9-13-25(24,4)22(21)11-15-26(18,23)14-8-19(2)27/h18-23,27H,6-17H2,1-5H3/t18?,19?,20-,21?,22?,23?,24?,25?,26?/m1/s1. The van der Waals surface area contributed by atoms with E-state index in [-0.39, 0.29) is 6.10 Å². The molecule has 4 aliphatic rings. The molecule has 1 N–H and O–H groups in total. The predicted octanol–water partition coefficient (Wildman–Crippen LogP) is 6.19. The van der Waals surface area contributed by atoms with Crippen LogP contribution in [0.3, 0.4) is 0 Å². The topological polar surface area (TPSA) is 38.7 Å². The molecule has 0 spiro atoms.